The van der Waals surface area contributed by atoms with E-state index in [1.807, 2.05) is 19.9 Å². The molecule has 2 heterocycles. The van der Waals surface area contributed by atoms with Gasteiger partial charge in [0.05, 0.1) is 16.8 Å². The Balaban J connectivity index is 1.70. The van der Waals surface area contributed by atoms with Crippen LogP contribution < -0.4 is 0 Å². The molecule has 0 N–H and O–H groups in total. The van der Waals surface area contributed by atoms with E-state index < -0.39 is 10.0 Å². The molecule has 0 atom stereocenters. The Morgan fingerprint density at radius 1 is 0.962 bits per heavy atom. The lowest BCUT2D eigenvalue weighted by atomic mass is 10.1. The van der Waals surface area contributed by atoms with Crippen LogP contribution in [0.5, 0.6) is 0 Å². The fourth-order valence-electron chi connectivity index (χ4n) is 2.82. The number of aromatic nitrogens is 2. The van der Waals surface area contributed by atoms with Gasteiger partial charge >= 0.3 is 0 Å². The highest BCUT2D eigenvalue weighted by Crippen LogP contribution is 2.20. The first kappa shape index (κ1) is 18.5. The molecule has 1 aromatic carbocycles. The van der Waals surface area contributed by atoms with Gasteiger partial charge in [0.25, 0.3) is 5.91 Å². The van der Waals surface area contributed by atoms with Gasteiger partial charge in [0.2, 0.25) is 10.0 Å². The Bertz CT molecular complexity index is 918. The Kier molecular flexibility index (Phi) is 5.06. The minimum Gasteiger partial charge on any atom is -0.335 e. The Morgan fingerprint density at radius 3 is 2.23 bits per heavy atom. The minimum absolute atomic E-state index is 0.222. The summed E-state index contributed by atoms with van der Waals surface area (Å²) in [4.78, 5) is 22.6. The molecule has 1 fully saturated rings. The van der Waals surface area contributed by atoms with Gasteiger partial charge in [-0.3, -0.25) is 9.78 Å². The first-order chi connectivity index (χ1) is 12.3. The van der Waals surface area contributed by atoms with Crippen LogP contribution in [-0.4, -0.2) is 59.7 Å². The number of rotatable bonds is 3. The molecule has 0 bridgehead atoms. The summed E-state index contributed by atoms with van der Waals surface area (Å²) < 4.78 is 27.1. The standard InChI is InChI=1S/C18H22N4O3S/c1-13-4-5-16(10-14(13)2)26(24,25)22-8-6-21(7-9-22)18(23)17-12-19-15(3)11-20-17/h4-5,10-12H,6-9H2,1-3H3. The predicted octanol–water partition coefficient (Wildman–Crippen LogP) is 1.55. The number of piperazine rings is 1. The molecule has 2 aromatic rings. The Labute approximate surface area is 153 Å². The third kappa shape index (κ3) is 3.61. The van der Waals surface area contributed by atoms with E-state index >= 15 is 0 Å². The zero-order valence-electron chi connectivity index (χ0n) is 15.1. The lowest BCUT2D eigenvalue weighted by Crippen LogP contribution is -2.50. The zero-order valence-corrected chi connectivity index (χ0v) is 16.0. The molecule has 0 spiro atoms. The van der Waals surface area contributed by atoms with Crippen molar-refractivity contribution in [2.45, 2.75) is 25.7 Å². The van der Waals surface area contributed by atoms with Crippen molar-refractivity contribution in [2.75, 3.05) is 26.2 Å². The van der Waals surface area contributed by atoms with E-state index in [2.05, 4.69) is 9.97 Å². The number of carbonyl (C=O) groups is 1. The van der Waals surface area contributed by atoms with Gasteiger partial charge in [-0.15, -0.1) is 0 Å². The molecule has 1 aliphatic rings. The zero-order chi connectivity index (χ0) is 18.9. The molecule has 1 aliphatic heterocycles. The molecule has 0 radical (unpaired) electrons. The minimum atomic E-state index is -3.55. The maximum Gasteiger partial charge on any atom is 0.274 e. The molecule has 0 saturated carbocycles. The Hall–Kier alpha value is -2.32. The van der Waals surface area contributed by atoms with E-state index in [9.17, 15) is 13.2 Å². The van der Waals surface area contributed by atoms with Crippen molar-refractivity contribution in [1.29, 1.82) is 0 Å². The van der Waals surface area contributed by atoms with Gasteiger partial charge < -0.3 is 4.90 Å². The third-order valence-electron chi connectivity index (χ3n) is 4.64. The second kappa shape index (κ2) is 7.13. The molecule has 0 unspecified atom stereocenters. The second-order valence-corrected chi connectivity index (χ2v) is 8.42. The molecule has 0 aliphatic carbocycles. The van der Waals surface area contributed by atoms with Gasteiger partial charge in [-0.2, -0.15) is 4.31 Å². The fraction of sp³-hybridized carbons (Fsp3) is 0.389. The summed E-state index contributed by atoms with van der Waals surface area (Å²) in [6.45, 7) is 6.84. The van der Waals surface area contributed by atoms with Crippen LogP contribution in [0.15, 0.2) is 35.5 Å². The molecule has 1 aromatic heterocycles. The molecule has 7 nitrogen and oxygen atoms in total. The first-order valence-electron chi connectivity index (χ1n) is 8.44. The molecular weight excluding hydrogens is 352 g/mol. The summed E-state index contributed by atoms with van der Waals surface area (Å²) in [6.07, 6.45) is 3.00. The average Bonchev–Trinajstić information content (AvgIpc) is 2.64. The number of hydrogen-bond donors (Lipinski definition) is 0. The summed E-state index contributed by atoms with van der Waals surface area (Å²) in [6, 6.07) is 5.15. The lowest BCUT2D eigenvalue weighted by Gasteiger charge is -2.33. The summed E-state index contributed by atoms with van der Waals surface area (Å²) in [5.41, 5.74) is 3.02. The normalized spacial score (nSPS) is 15.9. The fourth-order valence-corrected chi connectivity index (χ4v) is 4.33. The van der Waals surface area contributed by atoms with Gasteiger partial charge in [-0.05, 0) is 44.0 Å². The monoisotopic (exact) mass is 374 g/mol. The highest BCUT2D eigenvalue weighted by Gasteiger charge is 2.31. The predicted molar refractivity (Wildman–Crippen MR) is 97.3 cm³/mol. The van der Waals surface area contributed by atoms with E-state index in [0.717, 1.165) is 16.8 Å². The van der Waals surface area contributed by atoms with Crippen LogP contribution in [0.2, 0.25) is 0 Å². The van der Waals surface area contributed by atoms with Crippen LogP contribution in [0.4, 0.5) is 0 Å². The molecule has 1 amide bonds. The molecule has 26 heavy (non-hydrogen) atoms. The van der Waals surface area contributed by atoms with Crippen molar-refractivity contribution in [1.82, 2.24) is 19.2 Å². The van der Waals surface area contributed by atoms with E-state index in [4.69, 9.17) is 0 Å². The number of aryl methyl sites for hydroxylation is 3. The number of amides is 1. The molecule has 3 rings (SSSR count). The summed E-state index contributed by atoms with van der Waals surface area (Å²) in [5, 5.41) is 0. The van der Waals surface area contributed by atoms with E-state index in [1.165, 1.54) is 10.5 Å². The van der Waals surface area contributed by atoms with Crippen LogP contribution in [0.1, 0.15) is 27.3 Å². The van der Waals surface area contributed by atoms with Crippen molar-refractivity contribution in [3.05, 3.63) is 53.1 Å². The van der Waals surface area contributed by atoms with E-state index in [-0.39, 0.29) is 24.7 Å². The van der Waals surface area contributed by atoms with Crippen LogP contribution in [-0.2, 0) is 10.0 Å². The molecular formula is C18H22N4O3S. The average molecular weight is 374 g/mol. The van der Waals surface area contributed by atoms with E-state index in [0.29, 0.717) is 18.0 Å². The molecule has 138 valence electrons. The molecule has 1 saturated heterocycles. The van der Waals surface area contributed by atoms with Crippen LogP contribution in [0, 0.1) is 20.8 Å². The van der Waals surface area contributed by atoms with Gasteiger partial charge in [0.1, 0.15) is 5.69 Å². The highest BCUT2D eigenvalue weighted by atomic mass is 32.2. The van der Waals surface area contributed by atoms with Crippen molar-refractivity contribution >= 4 is 15.9 Å². The van der Waals surface area contributed by atoms with Gasteiger partial charge in [0.15, 0.2) is 0 Å². The van der Waals surface area contributed by atoms with Crippen molar-refractivity contribution < 1.29 is 13.2 Å². The van der Waals surface area contributed by atoms with Crippen molar-refractivity contribution in [3.8, 4) is 0 Å². The van der Waals surface area contributed by atoms with Crippen molar-refractivity contribution in [2.24, 2.45) is 0 Å². The van der Waals surface area contributed by atoms with Crippen LogP contribution in [0.25, 0.3) is 0 Å². The van der Waals surface area contributed by atoms with Crippen LogP contribution in [0.3, 0.4) is 0 Å². The van der Waals surface area contributed by atoms with Crippen molar-refractivity contribution in [3.63, 3.8) is 0 Å². The topological polar surface area (TPSA) is 83.5 Å². The third-order valence-corrected chi connectivity index (χ3v) is 6.54. The van der Waals surface area contributed by atoms with Crippen LogP contribution >= 0.6 is 0 Å². The summed E-state index contributed by atoms with van der Waals surface area (Å²) in [5.74, 6) is -0.222. The quantitative estimate of drug-likeness (QED) is 0.814. The lowest BCUT2D eigenvalue weighted by molar-refractivity contribution is 0.0691. The number of hydrogen-bond acceptors (Lipinski definition) is 5. The largest absolute Gasteiger partial charge is 0.335 e. The maximum absolute atomic E-state index is 12.8. The van der Waals surface area contributed by atoms with E-state index in [1.54, 1.807) is 30.2 Å². The SMILES string of the molecule is Cc1cnc(C(=O)N2CCN(S(=O)(=O)c3ccc(C)c(C)c3)CC2)cn1. The summed E-state index contributed by atoms with van der Waals surface area (Å²) >= 11 is 0. The van der Waals surface area contributed by atoms with Gasteiger partial charge in [0, 0.05) is 32.4 Å². The summed E-state index contributed by atoms with van der Waals surface area (Å²) in [7, 11) is -3.55. The first-order valence-corrected chi connectivity index (χ1v) is 9.88. The smallest absolute Gasteiger partial charge is 0.274 e. The maximum atomic E-state index is 12.8. The molecule has 8 heteroatoms. The number of nitrogens with zero attached hydrogens (tertiary/aromatic N) is 4. The Morgan fingerprint density at radius 2 is 1.65 bits per heavy atom. The number of sulfonamides is 1. The number of benzene rings is 1. The second-order valence-electron chi connectivity index (χ2n) is 6.49. The van der Waals surface area contributed by atoms with Gasteiger partial charge in [-0.25, -0.2) is 13.4 Å². The highest BCUT2D eigenvalue weighted by molar-refractivity contribution is 7.89. The van der Waals surface area contributed by atoms with Gasteiger partial charge in [-0.1, -0.05) is 6.07 Å². The number of carbonyl (C=O) groups excluding carboxylic acids is 1.